The van der Waals surface area contributed by atoms with E-state index in [-0.39, 0.29) is 11.2 Å². The first-order chi connectivity index (χ1) is 9.66. The summed E-state index contributed by atoms with van der Waals surface area (Å²) in [4.78, 5) is 12.0. The zero-order chi connectivity index (χ0) is 14.4. The number of nitrogens with zero attached hydrogens (tertiary/aromatic N) is 2. The highest BCUT2D eigenvalue weighted by Gasteiger charge is 2.16. The van der Waals surface area contributed by atoms with Crippen molar-refractivity contribution >= 4 is 29.0 Å². The smallest absolute Gasteiger partial charge is 0.233 e. The lowest BCUT2D eigenvalue weighted by molar-refractivity contribution is -0.120. The highest BCUT2D eigenvalue weighted by Crippen LogP contribution is 2.24. The number of carbonyl (C=O) groups is 1. The van der Waals surface area contributed by atoms with E-state index in [1.54, 1.807) is 5.51 Å². The molecular weight excluding hydrogens is 290 g/mol. The molecule has 0 radical (unpaired) electrons. The summed E-state index contributed by atoms with van der Waals surface area (Å²) in [5.74, 6) is 0.340. The van der Waals surface area contributed by atoms with Gasteiger partial charge in [-0.15, -0.1) is 10.2 Å². The van der Waals surface area contributed by atoms with Crippen LogP contribution in [0.3, 0.4) is 0 Å². The van der Waals surface area contributed by atoms with E-state index in [0.29, 0.717) is 12.5 Å². The molecule has 0 fully saturated rings. The Morgan fingerprint density at radius 2 is 2.10 bits per heavy atom. The molecule has 1 heterocycles. The van der Waals surface area contributed by atoms with Crippen LogP contribution in [-0.4, -0.2) is 27.9 Å². The summed E-state index contributed by atoms with van der Waals surface area (Å²) in [5.41, 5.74) is 2.90. The third-order valence-electron chi connectivity index (χ3n) is 2.94. The van der Waals surface area contributed by atoms with Gasteiger partial charge >= 0.3 is 0 Å². The number of aromatic nitrogens is 2. The van der Waals surface area contributed by atoms with Crippen molar-refractivity contribution in [2.45, 2.75) is 29.4 Å². The molecule has 1 amide bonds. The highest BCUT2D eigenvalue weighted by atomic mass is 32.2. The maximum Gasteiger partial charge on any atom is 0.233 e. The molecule has 2 atom stereocenters. The minimum absolute atomic E-state index is 0.0352. The Hall–Kier alpha value is -1.40. The van der Waals surface area contributed by atoms with Crippen molar-refractivity contribution in [3.8, 4) is 0 Å². The predicted octanol–water partition coefficient (Wildman–Crippen LogP) is 2.94. The van der Waals surface area contributed by atoms with Gasteiger partial charge in [-0.25, -0.2) is 0 Å². The van der Waals surface area contributed by atoms with Crippen LogP contribution < -0.4 is 5.32 Å². The zero-order valence-corrected chi connectivity index (χ0v) is 13.1. The van der Waals surface area contributed by atoms with Crippen LogP contribution in [0.1, 0.15) is 25.3 Å². The van der Waals surface area contributed by atoms with E-state index in [4.69, 9.17) is 0 Å². The minimum Gasteiger partial charge on any atom is -0.355 e. The highest BCUT2D eigenvalue weighted by molar-refractivity contribution is 8.02. The van der Waals surface area contributed by atoms with Crippen molar-refractivity contribution < 1.29 is 4.79 Å². The van der Waals surface area contributed by atoms with Crippen molar-refractivity contribution in [1.82, 2.24) is 15.5 Å². The molecule has 1 N–H and O–H groups in total. The fraction of sp³-hybridized carbons (Fsp3) is 0.357. The van der Waals surface area contributed by atoms with E-state index < -0.39 is 0 Å². The monoisotopic (exact) mass is 307 g/mol. The fourth-order valence-corrected chi connectivity index (χ4v) is 3.37. The summed E-state index contributed by atoms with van der Waals surface area (Å²) < 4.78 is 0.823. The van der Waals surface area contributed by atoms with E-state index in [1.165, 1.54) is 28.7 Å². The molecule has 20 heavy (non-hydrogen) atoms. The van der Waals surface area contributed by atoms with Gasteiger partial charge in [0.1, 0.15) is 5.51 Å². The molecule has 0 bridgehead atoms. The summed E-state index contributed by atoms with van der Waals surface area (Å²) >= 11 is 2.89. The Morgan fingerprint density at radius 1 is 1.35 bits per heavy atom. The van der Waals surface area contributed by atoms with Crippen molar-refractivity contribution in [3.63, 3.8) is 0 Å². The molecule has 2 aromatic rings. The number of nitrogens with one attached hydrogen (secondary N) is 1. The maximum absolute atomic E-state index is 12.0. The molecule has 0 saturated heterocycles. The first-order valence-electron chi connectivity index (χ1n) is 6.42. The largest absolute Gasteiger partial charge is 0.355 e. The van der Waals surface area contributed by atoms with Gasteiger partial charge in [0, 0.05) is 6.54 Å². The molecule has 1 aromatic heterocycles. The van der Waals surface area contributed by atoms with Crippen LogP contribution in [-0.2, 0) is 4.79 Å². The number of carbonyl (C=O) groups excluding carboxylic acids is 1. The number of hydrogen-bond donors (Lipinski definition) is 1. The summed E-state index contributed by atoms with van der Waals surface area (Å²) in [5, 5.41) is 10.5. The molecule has 106 valence electrons. The van der Waals surface area contributed by atoms with E-state index in [1.807, 2.05) is 25.1 Å². The Bertz CT molecular complexity index is 531. The molecule has 2 unspecified atom stereocenters. The molecule has 0 aliphatic rings. The van der Waals surface area contributed by atoms with E-state index >= 15 is 0 Å². The molecule has 0 aliphatic carbocycles. The minimum atomic E-state index is -0.161. The van der Waals surface area contributed by atoms with Gasteiger partial charge in [0.05, 0.1) is 5.25 Å². The maximum atomic E-state index is 12.0. The average Bonchev–Trinajstić information content (AvgIpc) is 2.98. The number of rotatable bonds is 6. The SMILES string of the molecule is CC(Sc1nncs1)C(=O)NCC(C)c1ccccc1. The van der Waals surface area contributed by atoms with Gasteiger partial charge in [0.15, 0.2) is 4.34 Å². The van der Waals surface area contributed by atoms with Crippen molar-refractivity contribution in [3.05, 3.63) is 41.4 Å². The number of hydrogen-bond acceptors (Lipinski definition) is 5. The number of amides is 1. The lowest BCUT2D eigenvalue weighted by atomic mass is 10.0. The normalized spacial score (nSPS) is 13.7. The van der Waals surface area contributed by atoms with Crippen LogP contribution in [0.15, 0.2) is 40.2 Å². The third kappa shape index (κ3) is 4.31. The molecule has 0 saturated carbocycles. The quantitative estimate of drug-likeness (QED) is 0.834. The third-order valence-corrected chi connectivity index (χ3v) is 4.85. The first kappa shape index (κ1) is 15.0. The average molecular weight is 307 g/mol. The van der Waals surface area contributed by atoms with Gasteiger partial charge in [0.2, 0.25) is 5.91 Å². The Kier molecular flexibility index (Phi) is 5.55. The standard InChI is InChI=1S/C14H17N3OS2/c1-10(12-6-4-3-5-7-12)8-15-13(18)11(2)20-14-17-16-9-19-14/h3-7,9-11H,8H2,1-2H3,(H,15,18). The summed E-state index contributed by atoms with van der Waals surface area (Å²) in [6, 6.07) is 10.2. The van der Waals surface area contributed by atoms with Crippen LogP contribution in [0, 0.1) is 0 Å². The predicted molar refractivity (Wildman–Crippen MR) is 83.1 cm³/mol. The second-order valence-corrected chi connectivity index (χ2v) is 6.94. The first-order valence-corrected chi connectivity index (χ1v) is 8.18. The van der Waals surface area contributed by atoms with E-state index in [2.05, 4.69) is 34.6 Å². The summed E-state index contributed by atoms with van der Waals surface area (Å²) in [6.07, 6.45) is 0. The molecule has 0 spiro atoms. The Labute approximate surface area is 127 Å². The van der Waals surface area contributed by atoms with Gasteiger partial charge < -0.3 is 5.32 Å². The van der Waals surface area contributed by atoms with Gasteiger partial charge in [0.25, 0.3) is 0 Å². The molecule has 6 heteroatoms. The Balaban J connectivity index is 1.80. The molecule has 0 aliphatic heterocycles. The van der Waals surface area contributed by atoms with Crippen LogP contribution in [0.2, 0.25) is 0 Å². The topological polar surface area (TPSA) is 54.9 Å². The number of thioether (sulfide) groups is 1. The lowest BCUT2D eigenvalue weighted by Gasteiger charge is -2.15. The van der Waals surface area contributed by atoms with Gasteiger partial charge in [-0.3, -0.25) is 4.79 Å². The van der Waals surface area contributed by atoms with E-state index in [9.17, 15) is 4.79 Å². The molecular formula is C14H17N3OS2. The molecule has 1 aromatic carbocycles. The van der Waals surface area contributed by atoms with Crippen LogP contribution in [0.4, 0.5) is 0 Å². The number of benzene rings is 1. The Morgan fingerprint density at radius 3 is 2.75 bits per heavy atom. The van der Waals surface area contributed by atoms with E-state index in [0.717, 1.165) is 4.34 Å². The zero-order valence-electron chi connectivity index (χ0n) is 11.4. The second kappa shape index (κ2) is 7.40. The lowest BCUT2D eigenvalue weighted by Crippen LogP contribution is -2.33. The molecule has 4 nitrogen and oxygen atoms in total. The van der Waals surface area contributed by atoms with Crippen molar-refractivity contribution in [1.29, 1.82) is 0 Å². The van der Waals surface area contributed by atoms with Gasteiger partial charge in [-0.2, -0.15) is 0 Å². The van der Waals surface area contributed by atoms with Crippen LogP contribution >= 0.6 is 23.1 Å². The summed E-state index contributed by atoms with van der Waals surface area (Å²) in [7, 11) is 0. The van der Waals surface area contributed by atoms with Crippen molar-refractivity contribution in [2.24, 2.45) is 0 Å². The van der Waals surface area contributed by atoms with Crippen molar-refractivity contribution in [2.75, 3.05) is 6.54 Å². The fourth-order valence-electron chi connectivity index (χ4n) is 1.72. The van der Waals surface area contributed by atoms with Gasteiger partial charge in [-0.05, 0) is 18.4 Å². The molecule has 2 rings (SSSR count). The summed E-state index contributed by atoms with van der Waals surface area (Å²) in [6.45, 7) is 4.64. The van der Waals surface area contributed by atoms with Crippen LogP contribution in [0.25, 0.3) is 0 Å². The van der Waals surface area contributed by atoms with Gasteiger partial charge in [-0.1, -0.05) is 60.4 Å². The van der Waals surface area contributed by atoms with Crippen LogP contribution in [0.5, 0.6) is 0 Å². The second-order valence-electron chi connectivity index (χ2n) is 4.52.